The molecule has 0 aliphatic heterocycles. The molecule has 0 spiro atoms. The standard InChI is InChI=1S/C12H16Cl2N2O3/c1-12(2,3)16(6-9(17)18)11(19)8-5-7(13)10(14)15(8)4/h5H,6H2,1-4H3,(H,17,18). The summed E-state index contributed by atoms with van der Waals surface area (Å²) in [6.45, 7) is 4.91. The normalized spacial score (nSPS) is 11.5. The Hall–Kier alpha value is -1.20. The van der Waals surface area contributed by atoms with Crippen molar-refractivity contribution in [2.24, 2.45) is 7.05 Å². The van der Waals surface area contributed by atoms with Crippen LogP contribution in [0.2, 0.25) is 10.2 Å². The Bertz CT molecular complexity index is 518. The molecule has 0 saturated carbocycles. The highest BCUT2D eigenvalue weighted by molar-refractivity contribution is 6.41. The zero-order chi connectivity index (χ0) is 15.0. The minimum Gasteiger partial charge on any atom is -0.480 e. The van der Waals surface area contributed by atoms with Gasteiger partial charge in [-0.05, 0) is 26.8 Å². The van der Waals surface area contributed by atoms with Crippen molar-refractivity contribution in [2.45, 2.75) is 26.3 Å². The van der Waals surface area contributed by atoms with Gasteiger partial charge in [-0.2, -0.15) is 0 Å². The van der Waals surface area contributed by atoms with Gasteiger partial charge in [0.15, 0.2) is 0 Å². The Morgan fingerprint density at radius 2 is 1.89 bits per heavy atom. The molecule has 1 rings (SSSR count). The molecule has 1 aromatic heterocycles. The zero-order valence-corrected chi connectivity index (χ0v) is 12.7. The Labute approximate surface area is 121 Å². The molecule has 0 unspecified atom stereocenters. The van der Waals surface area contributed by atoms with Crippen LogP contribution in [0.15, 0.2) is 6.07 Å². The molecule has 1 N–H and O–H groups in total. The second kappa shape index (κ2) is 5.43. The summed E-state index contributed by atoms with van der Waals surface area (Å²) in [5.41, 5.74) is -0.371. The molecule has 1 heterocycles. The molecule has 0 fully saturated rings. The molecule has 19 heavy (non-hydrogen) atoms. The summed E-state index contributed by atoms with van der Waals surface area (Å²) in [7, 11) is 1.60. The molecular weight excluding hydrogens is 291 g/mol. The van der Waals surface area contributed by atoms with Crippen LogP contribution in [0, 0.1) is 0 Å². The molecule has 0 radical (unpaired) electrons. The number of carbonyl (C=O) groups excluding carboxylic acids is 1. The highest BCUT2D eigenvalue weighted by Crippen LogP contribution is 2.27. The highest BCUT2D eigenvalue weighted by Gasteiger charge is 2.31. The van der Waals surface area contributed by atoms with Crippen LogP contribution in [-0.2, 0) is 11.8 Å². The van der Waals surface area contributed by atoms with E-state index in [1.807, 2.05) is 0 Å². The Morgan fingerprint density at radius 1 is 1.37 bits per heavy atom. The molecule has 0 atom stereocenters. The lowest BCUT2D eigenvalue weighted by Crippen LogP contribution is -2.48. The van der Waals surface area contributed by atoms with Gasteiger partial charge in [0, 0.05) is 12.6 Å². The maximum absolute atomic E-state index is 12.4. The molecule has 7 heteroatoms. The van der Waals surface area contributed by atoms with Gasteiger partial charge in [-0.15, -0.1) is 0 Å². The smallest absolute Gasteiger partial charge is 0.323 e. The largest absolute Gasteiger partial charge is 0.480 e. The maximum Gasteiger partial charge on any atom is 0.323 e. The number of aromatic nitrogens is 1. The first-order valence-corrected chi connectivity index (χ1v) is 6.35. The lowest BCUT2D eigenvalue weighted by atomic mass is 10.1. The summed E-state index contributed by atoms with van der Waals surface area (Å²) < 4.78 is 1.44. The van der Waals surface area contributed by atoms with E-state index in [1.165, 1.54) is 15.5 Å². The summed E-state index contributed by atoms with van der Waals surface area (Å²) in [6.07, 6.45) is 0. The number of aliphatic carboxylic acids is 1. The van der Waals surface area contributed by atoms with Crippen molar-refractivity contribution in [1.82, 2.24) is 9.47 Å². The van der Waals surface area contributed by atoms with Crippen LogP contribution in [0.5, 0.6) is 0 Å². The van der Waals surface area contributed by atoms with E-state index in [1.54, 1.807) is 27.8 Å². The molecule has 0 saturated heterocycles. The number of hydrogen-bond donors (Lipinski definition) is 1. The molecule has 0 aromatic carbocycles. The van der Waals surface area contributed by atoms with Gasteiger partial charge >= 0.3 is 5.97 Å². The van der Waals surface area contributed by atoms with Gasteiger partial charge < -0.3 is 14.6 Å². The second-order valence-electron chi connectivity index (χ2n) is 5.18. The molecule has 1 aromatic rings. The van der Waals surface area contributed by atoms with Crippen molar-refractivity contribution < 1.29 is 14.7 Å². The summed E-state index contributed by atoms with van der Waals surface area (Å²) in [5, 5.41) is 9.42. The van der Waals surface area contributed by atoms with Gasteiger partial charge in [0.2, 0.25) is 0 Å². The van der Waals surface area contributed by atoms with E-state index in [-0.39, 0.29) is 22.4 Å². The summed E-state index contributed by atoms with van der Waals surface area (Å²) in [4.78, 5) is 24.6. The predicted molar refractivity (Wildman–Crippen MR) is 73.9 cm³/mol. The van der Waals surface area contributed by atoms with Gasteiger partial charge in [0.1, 0.15) is 17.4 Å². The van der Waals surface area contributed by atoms with Crippen molar-refractivity contribution in [2.75, 3.05) is 6.54 Å². The number of amides is 1. The van der Waals surface area contributed by atoms with Gasteiger partial charge in [-0.1, -0.05) is 23.2 Å². The highest BCUT2D eigenvalue weighted by atomic mass is 35.5. The van der Waals surface area contributed by atoms with Crippen molar-refractivity contribution >= 4 is 35.1 Å². The first kappa shape index (κ1) is 15.9. The summed E-state index contributed by atoms with van der Waals surface area (Å²) >= 11 is 11.8. The van der Waals surface area contributed by atoms with Gasteiger partial charge in [-0.3, -0.25) is 9.59 Å². The number of nitrogens with zero attached hydrogens (tertiary/aromatic N) is 2. The fraction of sp³-hybridized carbons (Fsp3) is 0.500. The van der Waals surface area contributed by atoms with Gasteiger partial charge in [0.25, 0.3) is 5.91 Å². The first-order valence-electron chi connectivity index (χ1n) is 5.60. The lowest BCUT2D eigenvalue weighted by Gasteiger charge is -2.34. The van der Waals surface area contributed by atoms with Crippen LogP contribution < -0.4 is 0 Å². The van der Waals surface area contributed by atoms with E-state index in [0.29, 0.717) is 0 Å². The SMILES string of the molecule is Cn1c(C(=O)N(CC(=O)O)C(C)(C)C)cc(Cl)c1Cl. The molecular formula is C12H16Cl2N2O3. The average molecular weight is 307 g/mol. The van der Waals surface area contributed by atoms with E-state index in [4.69, 9.17) is 28.3 Å². The van der Waals surface area contributed by atoms with Crippen LogP contribution in [0.3, 0.4) is 0 Å². The fourth-order valence-corrected chi connectivity index (χ4v) is 2.01. The van der Waals surface area contributed by atoms with E-state index in [0.717, 1.165) is 0 Å². The first-order chi connectivity index (χ1) is 8.55. The van der Waals surface area contributed by atoms with Crippen LogP contribution in [0.4, 0.5) is 0 Å². The number of rotatable bonds is 3. The maximum atomic E-state index is 12.4. The third-order valence-electron chi connectivity index (χ3n) is 2.68. The van der Waals surface area contributed by atoms with Crippen LogP contribution in [0.1, 0.15) is 31.3 Å². The zero-order valence-electron chi connectivity index (χ0n) is 11.2. The minimum atomic E-state index is -1.07. The third-order valence-corrected chi connectivity index (χ3v) is 3.53. The Kier molecular flexibility index (Phi) is 4.53. The van der Waals surface area contributed by atoms with E-state index < -0.39 is 17.4 Å². The third kappa shape index (κ3) is 3.42. The number of carboxylic acids is 1. The van der Waals surface area contributed by atoms with Crippen molar-refractivity contribution in [1.29, 1.82) is 0 Å². The van der Waals surface area contributed by atoms with Gasteiger partial charge in [0.05, 0.1) is 5.02 Å². The topological polar surface area (TPSA) is 62.5 Å². The van der Waals surface area contributed by atoms with Gasteiger partial charge in [-0.25, -0.2) is 0 Å². The fourth-order valence-electron chi connectivity index (χ4n) is 1.63. The number of carbonyl (C=O) groups is 2. The van der Waals surface area contributed by atoms with E-state index >= 15 is 0 Å². The Morgan fingerprint density at radius 3 is 2.21 bits per heavy atom. The molecule has 0 bridgehead atoms. The quantitative estimate of drug-likeness (QED) is 0.934. The molecule has 0 aliphatic rings. The molecule has 0 aliphatic carbocycles. The van der Waals surface area contributed by atoms with E-state index in [9.17, 15) is 9.59 Å². The number of halogens is 2. The van der Waals surface area contributed by atoms with Crippen molar-refractivity contribution in [3.8, 4) is 0 Å². The number of hydrogen-bond acceptors (Lipinski definition) is 2. The lowest BCUT2D eigenvalue weighted by molar-refractivity contribution is -0.138. The molecule has 1 amide bonds. The molecule has 5 nitrogen and oxygen atoms in total. The van der Waals surface area contributed by atoms with Crippen molar-refractivity contribution in [3.05, 3.63) is 21.9 Å². The minimum absolute atomic E-state index is 0.245. The second-order valence-corrected chi connectivity index (χ2v) is 5.95. The predicted octanol–water partition coefficient (Wildman–Crippen LogP) is 2.66. The Balaban J connectivity index is 3.20. The summed E-state index contributed by atoms with van der Waals surface area (Å²) in [6, 6.07) is 1.44. The number of carboxylic acid groups (broad SMARTS) is 1. The van der Waals surface area contributed by atoms with Crippen molar-refractivity contribution in [3.63, 3.8) is 0 Å². The monoisotopic (exact) mass is 306 g/mol. The summed E-state index contributed by atoms with van der Waals surface area (Å²) in [5.74, 6) is -1.50. The van der Waals surface area contributed by atoms with E-state index in [2.05, 4.69) is 0 Å². The molecule has 106 valence electrons. The average Bonchev–Trinajstić information content (AvgIpc) is 2.51. The van der Waals surface area contributed by atoms with Crippen LogP contribution in [-0.4, -0.2) is 38.5 Å². The van der Waals surface area contributed by atoms with Crippen LogP contribution in [0.25, 0.3) is 0 Å². The van der Waals surface area contributed by atoms with Crippen LogP contribution >= 0.6 is 23.2 Å².